The maximum atomic E-state index is 14.0. The van der Waals surface area contributed by atoms with Crippen LogP contribution in [-0.4, -0.2) is 22.7 Å². The summed E-state index contributed by atoms with van der Waals surface area (Å²) in [4.78, 5) is 8.11. The molecule has 0 fully saturated rings. The third-order valence-electron chi connectivity index (χ3n) is 2.73. The maximum absolute atomic E-state index is 14.0. The first-order chi connectivity index (χ1) is 10.8. The van der Waals surface area contributed by atoms with E-state index >= 15 is 0 Å². The summed E-state index contributed by atoms with van der Waals surface area (Å²) in [6, 6.07) is 5.98. The summed E-state index contributed by atoms with van der Waals surface area (Å²) in [5, 5.41) is 11.6. The van der Waals surface area contributed by atoms with Gasteiger partial charge in [-0.15, -0.1) is 0 Å². The van der Waals surface area contributed by atoms with Crippen molar-refractivity contribution in [2.24, 2.45) is 0 Å². The van der Waals surface area contributed by atoms with Crippen molar-refractivity contribution in [2.45, 2.75) is 26.4 Å². The Kier molecular flexibility index (Phi) is 4.65. The lowest BCUT2D eigenvalue weighted by molar-refractivity contribution is 0.118. The van der Waals surface area contributed by atoms with Crippen LogP contribution in [0.25, 0.3) is 0 Å². The summed E-state index contributed by atoms with van der Waals surface area (Å²) in [6.45, 7) is 5.63. The van der Waals surface area contributed by atoms with Gasteiger partial charge < -0.3 is 14.8 Å². The Balaban J connectivity index is 2.37. The lowest BCUT2D eigenvalue weighted by Gasteiger charge is -2.22. The maximum Gasteiger partial charge on any atom is 0.263 e. The second-order valence-corrected chi connectivity index (χ2v) is 5.71. The highest BCUT2D eigenvalue weighted by Crippen LogP contribution is 2.35. The molecule has 0 aliphatic rings. The van der Waals surface area contributed by atoms with Crippen molar-refractivity contribution in [1.29, 1.82) is 5.26 Å². The van der Waals surface area contributed by atoms with Gasteiger partial charge in [0.05, 0.1) is 24.4 Å². The van der Waals surface area contributed by atoms with Gasteiger partial charge in [0.15, 0.2) is 5.82 Å². The molecule has 2 rings (SSSR count). The molecule has 0 atom stereocenters. The molecule has 7 heteroatoms. The molecule has 23 heavy (non-hydrogen) atoms. The average Bonchev–Trinajstić information content (AvgIpc) is 2.48. The molecule has 120 valence electrons. The molecule has 0 bridgehead atoms. The fourth-order valence-corrected chi connectivity index (χ4v) is 1.81. The van der Waals surface area contributed by atoms with Crippen LogP contribution in [0.2, 0.25) is 0 Å². The van der Waals surface area contributed by atoms with Crippen molar-refractivity contribution in [1.82, 2.24) is 9.97 Å². The van der Waals surface area contributed by atoms with Crippen LogP contribution < -0.4 is 14.8 Å². The molecule has 0 aliphatic heterocycles. The SMILES string of the molecule is COc1c(Nc2ccc(C#N)cc2F)ncnc1OC(C)(C)C. The zero-order valence-electron chi connectivity index (χ0n) is 13.3. The van der Waals surface area contributed by atoms with E-state index in [1.807, 2.05) is 26.8 Å². The molecule has 1 aromatic carbocycles. The minimum atomic E-state index is -0.567. The molecule has 0 radical (unpaired) electrons. The molecule has 0 saturated carbocycles. The highest BCUT2D eigenvalue weighted by atomic mass is 19.1. The van der Waals surface area contributed by atoms with Crippen molar-refractivity contribution < 1.29 is 13.9 Å². The van der Waals surface area contributed by atoms with E-state index in [4.69, 9.17) is 14.7 Å². The second kappa shape index (κ2) is 6.48. The van der Waals surface area contributed by atoms with Crippen LogP contribution in [0.5, 0.6) is 11.6 Å². The molecule has 0 spiro atoms. The number of methoxy groups -OCH3 is 1. The Hall–Kier alpha value is -2.88. The zero-order valence-corrected chi connectivity index (χ0v) is 13.3. The number of hydrogen-bond donors (Lipinski definition) is 1. The van der Waals surface area contributed by atoms with Crippen molar-refractivity contribution >= 4 is 11.5 Å². The minimum absolute atomic E-state index is 0.169. The summed E-state index contributed by atoms with van der Waals surface area (Å²) < 4.78 is 25.0. The molecule has 1 N–H and O–H groups in total. The number of ether oxygens (including phenoxy) is 2. The minimum Gasteiger partial charge on any atom is -0.489 e. The predicted octanol–water partition coefficient (Wildman–Crippen LogP) is 3.42. The normalized spacial score (nSPS) is 10.8. The third kappa shape index (κ3) is 4.07. The van der Waals surface area contributed by atoms with Crippen LogP contribution in [-0.2, 0) is 0 Å². The molecular weight excluding hydrogens is 299 g/mol. The topological polar surface area (TPSA) is 80.1 Å². The van der Waals surface area contributed by atoms with Gasteiger partial charge in [-0.05, 0) is 39.0 Å². The number of nitrogens with zero attached hydrogens (tertiary/aromatic N) is 3. The quantitative estimate of drug-likeness (QED) is 0.931. The number of nitrogens with one attached hydrogen (secondary N) is 1. The van der Waals surface area contributed by atoms with Gasteiger partial charge in [-0.2, -0.15) is 10.2 Å². The lowest BCUT2D eigenvalue weighted by atomic mass is 10.2. The van der Waals surface area contributed by atoms with E-state index in [1.165, 1.54) is 25.6 Å². The van der Waals surface area contributed by atoms with Gasteiger partial charge in [-0.3, -0.25) is 0 Å². The number of nitriles is 1. The Bertz CT molecular complexity index is 751. The summed E-state index contributed by atoms with van der Waals surface area (Å²) in [6.07, 6.45) is 1.30. The van der Waals surface area contributed by atoms with Gasteiger partial charge in [0.2, 0.25) is 5.75 Å². The Morgan fingerprint density at radius 2 is 2.00 bits per heavy atom. The van der Waals surface area contributed by atoms with Gasteiger partial charge in [0.25, 0.3) is 5.88 Å². The summed E-state index contributed by atoms with van der Waals surface area (Å²) in [5.41, 5.74) is -0.0688. The molecule has 0 saturated heterocycles. The van der Waals surface area contributed by atoms with E-state index in [0.717, 1.165) is 6.07 Å². The Morgan fingerprint density at radius 1 is 1.26 bits per heavy atom. The van der Waals surface area contributed by atoms with E-state index in [1.54, 1.807) is 0 Å². The monoisotopic (exact) mass is 316 g/mol. The van der Waals surface area contributed by atoms with Gasteiger partial charge in [-0.25, -0.2) is 9.37 Å². The standard InChI is InChI=1S/C16H17FN4O2/c1-16(2,3)23-15-13(22-4)14(19-9-20-15)21-12-6-5-10(8-18)7-11(12)17/h5-7,9H,1-4H3,(H,19,20,21). The van der Waals surface area contributed by atoms with Gasteiger partial charge in [-0.1, -0.05) is 0 Å². The lowest BCUT2D eigenvalue weighted by Crippen LogP contribution is -2.24. The van der Waals surface area contributed by atoms with Gasteiger partial charge >= 0.3 is 0 Å². The van der Waals surface area contributed by atoms with Crippen LogP contribution in [0, 0.1) is 17.1 Å². The number of hydrogen-bond acceptors (Lipinski definition) is 6. The second-order valence-electron chi connectivity index (χ2n) is 5.71. The molecule has 1 aromatic heterocycles. The zero-order chi connectivity index (χ0) is 17.0. The molecule has 2 aromatic rings. The van der Waals surface area contributed by atoms with E-state index in [9.17, 15) is 4.39 Å². The van der Waals surface area contributed by atoms with E-state index in [0.29, 0.717) is 0 Å². The Labute approximate surface area is 133 Å². The van der Waals surface area contributed by atoms with Crippen LogP contribution in [0.1, 0.15) is 26.3 Å². The molecular formula is C16H17FN4O2. The smallest absolute Gasteiger partial charge is 0.263 e. The number of aromatic nitrogens is 2. The third-order valence-corrected chi connectivity index (χ3v) is 2.73. The first-order valence-electron chi connectivity index (χ1n) is 6.88. The van der Waals surface area contributed by atoms with Crippen LogP contribution in [0.4, 0.5) is 15.9 Å². The van der Waals surface area contributed by atoms with Crippen molar-refractivity contribution in [3.05, 3.63) is 35.9 Å². The van der Waals surface area contributed by atoms with Crippen molar-refractivity contribution in [3.8, 4) is 17.7 Å². The molecule has 0 amide bonds. The summed E-state index contributed by atoms with van der Waals surface area (Å²) in [7, 11) is 1.45. The van der Waals surface area contributed by atoms with E-state index in [2.05, 4.69) is 15.3 Å². The number of halogens is 1. The van der Waals surface area contributed by atoms with Crippen LogP contribution in [0.15, 0.2) is 24.5 Å². The molecule has 1 heterocycles. The highest BCUT2D eigenvalue weighted by Gasteiger charge is 2.20. The largest absolute Gasteiger partial charge is 0.489 e. The van der Waals surface area contributed by atoms with Gasteiger partial charge in [0, 0.05) is 0 Å². The first kappa shape index (κ1) is 16.5. The number of rotatable bonds is 4. The van der Waals surface area contributed by atoms with Crippen LogP contribution >= 0.6 is 0 Å². The highest BCUT2D eigenvalue weighted by molar-refractivity contribution is 5.65. The van der Waals surface area contributed by atoms with Crippen molar-refractivity contribution in [2.75, 3.05) is 12.4 Å². The number of benzene rings is 1. The first-order valence-corrected chi connectivity index (χ1v) is 6.88. The van der Waals surface area contributed by atoms with Gasteiger partial charge in [0.1, 0.15) is 17.7 Å². The molecule has 6 nitrogen and oxygen atoms in total. The summed E-state index contributed by atoms with van der Waals surface area (Å²) >= 11 is 0. The predicted molar refractivity (Wildman–Crippen MR) is 83.4 cm³/mol. The van der Waals surface area contributed by atoms with E-state index in [-0.39, 0.29) is 28.7 Å². The van der Waals surface area contributed by atoms with E-state index < -0.39 is 11.4 Å². The van der Waals surface area contributed by atoms with Crippen LogP contribution in [0.3, 0.4) is 0 Å². The Morgan fingerprint density at radius 3 is 2.57 bits per heavy atom. The summed E-state index contributed by atoms with van der Waals surface area (Å²) in [5.74, 6) is 0.228. The molecule has 0 aliphatic carbocycles. The average molecular weight is 316 g/mol. The molecule has 0 unspecified atom stereocenters. The fraction of sp³-hybridized carbons (Fsp3) is 0.312. The van der Waals surface area contributed by atoms with Crippen molar-refractivity contribution in [3.63, 3.8) is 0 Å². The number of anilines is 2. The fourth-order valence-electron chi connectivity index (χ4n) is 1.81.